The Hall–Kier alpha value is -1.85. The minimum atomic E-state index is -0.248. The van der Waals surface area contributed by atoms with Gasteiger partial charge in [0, 0.05) is 25.8 Å². The van der Waals surface area contributed by atoms with Crippen molar-refractivity contribution in [2.24, 2.45) is 5.73 Å². The predicted molar refractivity (Wildman–Crippen MR) is 78.4 cm³/mol. The summed E-state index contributed by atoms with van der Waals surface area (Å²) < 4.78 is 10.6. The molecule has 20 heavy (non-hydrogen) atoms. The third-order valence-corrected chi connectivity index (χ3v) is 2.81. The molecule has 3 N–H and O–H groups in total. The van der Waals surface area contributed by atoms with Crippen LogP contribution in [0.1, 0.15) is 12.0 Å². The van der Waals surface area contributed by atoms with E-state index in [2.05, 4.69) is 11.9 Å². The van der Waals surface area contributed by atoms with Gasteiger partial charge < -0.3 is 20.5 Å². The standard InChI is InChI=1S/C15H22N2O3/c1-3-8-20-14-7-5-4-6-12(14)11-17-15(18)9-13(10-16)19-2/h3-7,13H,1,8-11,16H2,2H3,(H,17,18). The molecule has 5 nitrogen and oxygen atoms in total. The summed E-state index contributed by atoms with van der Waals surface area (Å²) >= 11 is 0. The van der Waals surface area contributed by atoms with Gasteiger partial charge in [0.05, 0.1) is 12.5 Å². The van der Waals surface area contributed by atoms with Gasteiger partial charge >= 0.3 is 0 Å². The molecule has 0 spiro atoms. The third-order valence-electron chi connectivity index (χ3n) is 2.81. The highest BCUT2D eigenvalue weighted by Gasteiger charge is 2.11. The smallest absolute Gasteiger partial charge is 0.222 e. The number of carbonyl (C=O) groups excluding carboxylic acids is 1. The molecule has 0 heterocycles. The molecule has 110 valence electrons. The summed E-state index contributed by atoms with van der Waals surface area (Å²) in [5.74, 6) is 0.649. The molecule has 1 amide bonds. The minimum Gasteiger partial charge on any atom is -0.489 e. The van der Waals surface area contributed by atoms with Crippen LogP contribution in [0.5, 0.6) is 5.75 Å². The first-order chi connectivity index (χ1) is 9.71. The molecule has 0 aliphatic heterocycles. The first kappa shape index (κ1) is 16.2. The van der Waals surface area contributed by atoms with Gasteiger partial charge in [-0.2, -0.15) is 0 Å². The first-order valence-electron chi connectivity index (χ1n) is 6.52. The fraction of sp³-hybridized carbons (Fsp3) is 0.400. The molecule has 1 rings (SSSR count). The Morgan fingerprint density at radius 2 is 2.25 bits per heavy atom. The second-order valence-electron chi connectivity index (χ2n) is 4.28. The van der Waals surface area contributed by atoms with Gasteiger partial charge in [-0.25, -0.2) is 0 Å². The van der Waals surface area contributed by atoms with E-state index in [9.17, 15) is 4.79 Å². The molecule has 1 aromatic carbocycles. The number of para-hydroxylation sites is 1. The van der Waals surface area contributed by atoms with Gasteiger partial charge in [-0.3, -0.25) is 4.79 Å². The highest BCUT2D eigenvalue weighted by atomic mass is 16.5. The van der Waals surface area contributed by atoms with E-state index in [1.807, 2.05) is 24.3 Å². The molecular weight excluding hydrogens is 256 g/mol. The van der Waals surface area contributed by atoms with Crippen molar-refractivity contribution >= 4 is 5.91 Å². The minimum absolute atomic E-state index is 0.0965. The van der Waals surface area contributed by atoms with Crippen LogP contribution in [0.15, 0.2) is 36.9 Å². The van der Waals surface area contributed by atoms with Crippen molar-refractivity contribution in [2.45, 2.75) is 19.1 Å². The Bertz CT molecular complexity index is 431. The second-order valence-corrected chi connectivity index (χ2v) is 4.28. The zero-order valence-electron chi connectivity index (χ0n) is 11.8. The normalized spacial score (nSPS) is 11.7. The van der Waals surface area contributed by atoms with Crippen molar-refractivity contribution in [3.05, 3.63) is 42.5 Å². The Morgan fingerprint density at radius 3 is 2.90 bits per heavy atom. The van der Waals surface area contributed by atoms with Crippen LogP contribution in [0.3, 0.4) is 0 Å². The van der Waals surface area contributed by atoms with Crippen molar-refractivity contribution < 1.29 is 14.3 Å². The van der Waals surface area contributed by atoms with Gasteiger partial charge in [0.2, 0.25) is 5.91 Å². The number of hydrogen-bond acceptors (Lipinski definition) is 4. The third kappa shape index (κ3) is 5.42. The van der Waals surface area contributed by atoms with E-state index in [0.717, 1.165) is 11.3 Å². The number of benzene rings is 1. The summed E-state index contributed by atoms with van der Waals surface area (Å²) in [5.41, 5.74) is 6.40. The number of hydrogen-bond donors (Lipinski definition) is 2. The number of ether oxygens (including phenoxy) is 2. The fourth-order valence-corrected chi connectivity index (χ4v) is 1.68. The van der Waals surface area contributed by atoms with Crippen molar-refractivity contribution in [3.63, 3.8) is 0 Å². The van der Waals surface area contributed by atoms with Crippen LogP contribution < -0.4 is 15.8 Å². The second kappa shape index (κ2) is 9.12. The lowest BCUT2D eigenvalue weighted by Gasteiger charge is -2.14. The van der Waals surface area contributed by atoms with Gasteiger partial charge in [0.25, 0.3) is 0 Å². The number of nitrogens with two attached hydrogens (primary N) is 1. The van der Waals surface area contributed by atoms with E-state index in [0.29, 0.717) is 19.7 Å². The van der Waals surface area contributed by atoms with Gasteiger partial charge in [-0.05, 0) is 6.07 Å². The summed E-state index contributed by atoms with van der Waals surface area (Å²) in [6, 6.07) is 7.57. The van der Waals surface area contributed by atoms with E-state index in [4.69, 9.17) is 15.2 Å². The quantitative estimate of drug-likeness (QED) is 0.666. The van der Waals surface area contributed by atoms with Crippen LogP contribution in [0, 0.1) is 0 Å². The molecule has 5 heteroatoms. The van der Waals surface area contributed by atoms with Crippen LogP contribution in [0.4, 0.5) is 0 Å². The van der Waals surface area contributed by atoms with Gasteiger partial charge in [-0.15, -0.1) is 0 Å². The molecule has 0 bridgehead atoms. The lowest BCUT2D eigenvalue weighted by atomic mass is 10.2. The average Bonchev–Trinajstić information content (AvgIpc) is 2.49. The Kier molecular flexibility index (Phi) is 7.39. The summed E-state index contributed by atoms with van der Waals surface area (Å²) in [6.07, 6.45) is 1.69. The van der Waals surface area contributed by atoms with E-state index in [1.165, 1.54) is 0 Å². The number of amides is 1. The topological polar surface area (TPSA) is 73.6 Å². The van der Waals surface area contributed by atoms with E-state index < -0.39 is 0 Å². The fourth-order valence-electron chi connectivity index (χ4n) is 1.68. The summed E-state index contributed by atoms with van der Waals surface area (Å²) in [7, 11) is 1.54. The molecular formula is C15H22N2O3. The molecule has 0 saturated heterocycles. The van der Waals surface area contributed by atoms with E-state index in [-0.39, 0.29) is 18.4 Å². The lowest BCUT2D eigenvalue weighted by Crippen LogP contribution is -2.32. The molecule has 1 aromatic rings. The maximum absolute atomic E-state index is 11.8. The molecule has 0 aliphatic carbocycles. The van der Waals surface area contributed by atoms with Crippen LogP contribution in [-0.4, -0.2) is 32.3 Å². The first-order valence-corrected chi connectivity index (χ1v) is 6.52. The van der Waals surface area contributed by atoms with Crippen molar-refractivity contribution in [1.29, 1.82) is 0 Å². The summed E-state index contributed by atoms with van der Waals surface area (Å²) in [4.78, 5) is 11.8. The number of methoxy groups -OCH3 is 1. The maximum atomic E-state index is 11.8. The molecule has 1 atom stereocenters. The van der Waals surface area contributed by atoms with Gasteiger partial charge in [-0.1, -0.05) is 30.9 Å². The summed E-state index contributed by atoms with van der Waals surface area (Å²) in [6.45, 7) is 4.78. The van der Waals surface area contributed by atoms with Crippen LogP contribution >= 0.6 is 0 Å². The monoisotopic (exact) mass is 278 g/mol. The number of carbonyl (C=O) groups is 1. The molecule has 0 radical (unpaired) electrons. The van der Waals surface area contributed by atoms with Crippen molar-refractivity contribution in [3.8, 4) is 5.75 Å². The highest BCUT2D eigenvalue weighted by molar-refractivity contribution is 5.76. The van der Waals surface area contributed by atoms with E-state index in [1.54, 1.807) is 13.2 Å². The number of nitrogens with one attached hydrogen (secondary N) is 1. The average molecular weight is 278 g/mol. The Labute approximate surface area is 119 Å². The largest absolute Gasteiger partial charge is 0.489 e. The molecule has 0 fully saturated rings. The summed E-state index contributed by atoms with van der Waals surface area (Å²) in [5, 5.41) is 2.83. The van der Waals surface area contributed by atoms with E-state index >= 15 is 0 Å². The zero-order chi connectivity index (χ0) is 14.8. The van der Waals surface area contributed by atoms with Gasteiger partial charge in [0.15, 0.2) is 0 Å². The lowest BCUT2D eigenvalue weighted by molar-refractivity contribution is -0.123. The molecule has 0 aliphatic rings. The van der Waals surface area contributed by atoms with Crippen LogP contribution in [-0.2, 0) is 16.1 Å². The SMILES string of the molecule is C=CCOc1ccccc1CNC(=O)CC(CN)OC. The van der Waals surface area contributed by atoms with Gasteiger partial charge in [0.1, 0.15) is 12.4 Å². The Morgan fingerprint density at radius 1 is 1.50 bits per heavy atom. The molecule has 1 unspecified atom stereocenters. The predicted octanol–water partition coefficient (Wildman–Crippen LogP) is 1.23. The number of rotatable bonds is 9. The van der Waals surface area contributed by atoms with Crippen LogP contribution in [0.2, 0.25) is 0 Å². The van der Waals surface area contributed by atoms with Crippen LogP contribution in [0.25, 0.3) is 0 Å². The Balaban J connectivity index is 2.52. The molecule has 0 saturated carbocycles. The molecule has 0 aromatic heterocycles. The highest BCUT2D eigenvalue weighted by Crippen LogP contribution is 2.17. The zero-order valence-corrected chi connectivity index (χ0v) is 11.8. The van der Waals surface area contributed by atoms with Crippen molar-refractivity contribution in [1.82, 2.24) is 5.32 Å². The van der Waals surface area contributed by atoms with Crippen molar-refractivity contribution in [2.75, 3.05) is 20.3 Å². The maximum Gasteiger partial charge on any atom is 0.222 e.